The second-order valence-electron chi connectivity index (χ2n) is 6.33. The first-order valence-corrected chi connectivity index (χ1v) is 8.80. The summed E-state index contributed by atoms with van der Waals surface area (Å²) in [6.07, 6.45) is 0. The van der Waals surface area contributed by atoms with Crippen LogP contribution in [0.25, 0.3) is 10.9 Å². The first kappa shape index (κ1) is 18.5. The van der Waals surface area contributed by atoms with Crippen LogP contribution in [0.1, 0.15) is 10.4 Å². The van der Waals surface area contributed by atoms with E-state index in [-0.39, 0.29) is 17.6 Å². The fraction of sp³-hybridized carbons (Fsp3) is 0.150. The fourth-order valence-corrected chi connectivity index (χ4v) is 2.92. The molecule has 2 heterocycles. The summed E-state index contributed by atoms with van der Waals surface area (Å²) in [5.74, 6) is -0.569. The predicted molar refractivity (Wildman–Crippen MR) is 103 cm³/mol. The van der Waals surface area contributed by atoms with Crippen LogP contribution < -0.4 is 25.7 Å². The van der Waals surface area contributed by atoms with Crippen LogP contribution in [-0.2, 0) is 4.79 Å². The van der Waals surface area contributed by atoms with Gasteiger partial charge >= 0.3 is 0 Å². The van der Waals surface area contributed by atoms with E-state index >= 15 is 0 Å². The number of hydrogen-bond acceptors (Lipinski definition) is 5. The van der Waals surface area contributed by atoms with Crippen LogP contribution in [0, 0.1) is 5.82 Å². The predicted octanol–water partition coefficient (Wildman–Crippen LogP) is 1.81. The maximum absolute atomic E-state index is 13.2. The van der Waals surface area contributed by atoms with E-state index in [1.54, 1.807) is 18.2 Å². The van der Waals surface area contributed by atoms with Crippen LogP contribution in [0.15, 0.2) is 47.3 Å². The Hall–Kier alpha value is -3.88. The molecule has 1 aliphatic rings. The zero-order chi connectivity index (χ0) is 20.4. The van der Waals surface area contributed by atoms with Crippen LogP contribution in [0.4, 0.5) is 10.1 Å². The van der Waals surface area contributed by atoms with E-state index in [1.807, 2.05) is 0 Å². The molecule has 0 saturated heterocycles. The molecule has 0 fully saturated rings. The highest BCUT2D eigenvalue weighted by molar-refractivity contribution is 6.00. The number of rotatable bonds is 4. The molecule has 2 amide bonds. The Morgan fingerprint density at radius 1 is 1.03 bits per heavy atom. The average Bonchev–Trinajstić information content (AvgIpc) is 2.71. The highest BCUT2D eigenvalue weighted by Crippen LogP contribution is 2.32. The molecule has 148 valence electrons. The van der Waals surface area contributed by atoms with Gasteiger partial charge in [-0.05, 0) is 41.8 Å². The number of nitrogens with one attached hydrogen (secondary N) is 3. The summed E-state index contributed by atoms with van der Waals surface area (Å²) in [6, 6.07) is 10.2. The van der Waals surface area contributed by atoms with Gasteiger partial charge in [-0.2, -0.15) is 0 Å². The van der Waals surface area contributed by atoms with Gasteiger partial charge in [-0.1, -0.05) is 0 Å². The van der Waals surface area contributed by atoms with Gasteiger partial charge in [0.15, 0.2) is 11.5 Å². The Balaban J connectivity index is 1.41. The highest BCUT2D eigenvalue weighted by atomic mass is 19.1. The van der Waals surface area contributed by atoms with Crippen molar-refractivity contribution in [1.29, 1.82) is 0 Å². The molecule has 3 aromatic rings. The average molecular weight is 397 g/mol. The lowest BCUT2D eigenvalue weighted by atomic mass is 10.1. The van der Waals surface area contributed by atoms with Crippen molar-refractivity contribution in [2.75, 3.05) is 25.1 Å². The number of aromatic nitrogens is 1. The Bertz CT molecular complexity index is 1170. The van der Waals surface area contributed by atoms with E-state index in [2.05, 4.69) is 15.6 Å². The number of carbonyl (C=O) groups is 2. The van der Waals surface area contributed by atoms with Gasteiger partial charge < -0.3 is 25.1 Å². The number of benzene rings is 2. The molecule has 8 nitrogen and oxygen atoms in total. The van der Waals surface area contributed by atoms with Gasteiger partial charge in [0.1, 0.15) is 24.6 Å². The number of ether oxygens (including phenoxy) is 2. The maximum Gasteiger partial charge on any atom is 0.261 e. The smallest absolute Gasteiger partial charge is 0.261 e. The highest BCUT2D eigenvalue weighted by Gasteiger charge is 2.15. The molecule has 1 aromatic heterocycles. The molecule has 0 saturated carbocycles. The lowest BCUT2D eigenvalue weighted by Gasteiger charge is -2.19. The fourth-order valence-electron chi connectivity index (χ4n) is 2.92. The molecule has 29 heavy (non-hydrogen) atoms. The van der Waals surface area contributed by atoms with E-state index in [9.17, 15) is 18.8 Å². The van der Waals surface area contributed by atoms with Crippen molar-refractivity contribution in [2.45, 2.75) is 0 Å². The molecule has 9 heteroatoms. The molecule has 0 atom stereocenters. The molecule has 3 N–H and O–H groups in total. The summed E-state index contributed by atoms with van der Waals surface area (Å²) in [5.41, 5.74) is -0.0777. The minimum Gasteiger partial charge on any atom is -0.486 e. The Kier molecular flexibility index (Phi) is 4.86. The van der Waals surface area contributed by atoms with Gasteiger partial charge in [-0.3, -0.25) is 14.4 Å². The standard InChI is InChI=1S/C20H16FN3O5/c21-12-2-1-11-7-14(20(27)24-15(11)8-12)19(26)22-10-18(25)23-13-3-4-16-17(9-13)29-6-5-28-16/h1-4,7-9H,5-6,10H2,(H,22,26)(H,23,25)(H,24,27). The van der Waals surface area contributed by atoms with Crippen molar-refractivity contribution in [3.8, 4) is 11.5 Å². The second kappa shape index (κ2) is 7.63. The Morgan fingerprint density at radius 2 is 1.83 bits per heavy atom. The third-order valence-corrected chi connectivity index (χ3v) is 4.29. The van der Waals surface area contributed by atoms with Crippen LogP contribution in [0.5, 0.6) is 11.5 Å². The number of hydrogen-bond donors (Lipinski definition) is 3. The molecule has 4 rings (SSSR count). The number of aromatic amines is 1. The minimum absolute atomic E-state index is 0.170. The molecule has 2 aromatic carbocycles. The SMILES string of the molecule is O=C(CNC(=O)c1cc2ccc(F)cc2[nH]c1=O)Nc1ccc2c(c1)OCCO2. The van der Waals surface area contributed by atoms with Crippen molar-refractivity contribution < 1.29 is 23.5 Å². The van der Waals surface area contributed by atoms with Crippen molar-refractivity contribution >= 4 is 28.4 Å². The van der Waals surface area contributed by atoms with Crippen LogP contribution >= 0.6 is 0 Å². The van der Waals surface area contributed by atoms with Crippen LogP contribution in [0.3, 0.4) is 0 Å². The first-order valence-electron chi connectivity index (χ1n) is 8.80. The quantitative estimate of drug-likeness (QED) is 0.622. The summed E-state index contributed by atoms with van der Waals surface area (Å²) < 4.78 is 24.1. The number of halogens is 1. The third-order valence-electron chi connectivity index (χ3n) is 4.29. The molecular weight excluding hydrogens is 381 g/mol. The van der Waals surface area contributed by atoms with Crippen molar-refractivity contribution in [2.24, 2.45) is 0 Å². The molecule has 1 aliphatic heterocycles. The molecule has 0 bridgehead atoms. The number of anilines is 1. The van der Waals surface area contributed by atoms with Crippen molar-refractivity contribution in [3.05, 3.63) is 64.2 Å². The summed E-state index contributed by atoms with van der Waals surface area (Å²) in [5, 5.41) is 5.53. The largest absolute Gasteiger partial charge is 0.486 e. The normalized spacial score (nSPS) is 12.4. The van der Waals surface area contributed by atoms with Gasteiger partial charge in [0, 0.05) is 11.8 Å². The number of pyridine rings is 1. The minimum atomic E-state index is -0.713. The summed E-state index contributed by atoms with van der Waals surface area (Å²) in [7, 11) is 0. The summed E-state index contributed by atoms with van der Waals surface area (Å²) in [6.45, 7) is 0.551. The lowest BCUT2D eigenvalue weighted by Crippen LogP contribution is -2.35. The first-order chi connectivity index (χ1) is 14.0. The third kappa shape index (κ3) is 4.03. The zero-order valence-electron chi connectivity index (χ0n) is 15.1. The topological polar surface area (TPSA) is 110 Å². The van der Waals surface area contributed by atoms with Gasteiger partial charge in [0.05, 0.1) is 12.1 Å². The Labute approximate surface area is 163 Å². The molecule has 0 aliphatic carbocycles. The monoisotopic (exact) mass is 397 g/mol. The van der Waals surface area contributed by atoms with Crippen molar-refractivity contribution in [3.63, 3.8) is 0 Å². The Morgan fingerprint density at radius 3 is 2.66 bits per heavy atom. The van der Waals surface area contributed by atoms with E-state index in [0.717, 1.165) is 0 Å². The summed E-state index contributed by atoms with van der Waals surface area (Å²) in [4.78, 5) is 39.0. The maximum atomic E-state index is 13.2. The van der Waals surface area contributed by atoms with E-state index in [1.165, 1.54) is 24.3 Å². The van der Waals surface area contributed by atoms with Gasteiger partial charge in [-0.15, -0.1) is 0 Å². The van der Waals surface area contributed by atoms with Gasteiger partial charge in [0.25, 0.3) is 11.5 Å². The van der Waals surface area contributed by atoms with Gasteiger partial charge in [0.2, 0.25) is 5.91 Å². The number of H-pyrrole nitrogens is 1. The number of fused-ring (bicyclic) bond motifs is 2. The molecule has 0 spiro atoms. The van der Waals surface area contributed by atoms with Crippen LogP contribution in [-0.4, -0.2) is 36.6 Å². The van der Waals surface area contributed by atoms with E-state index in [0.29, 0.717) is 35.8 Å². The second-order valence-corrected chi connectivity index (χ2v) is 6.33. The number of amides is 2. The van der Waals surface area contributed by atoms with Gasteiger partial charge in [-0.25, -0.2) is 4.39 Å². The zero-order valence-corrected chi connectivity index (χ0v) is 15.1. The molecule has 0 unspecified atom stereocenters. The van der Waals surface area contributed by atoms with E-state index < -0.39 is 23.2 Å². The lowest BCUT2D eigenvalue weighted by molar-refractivity contribution is -0.115. The molecule has 0 radical (unpaired) electrons. The van der Waals surface area contributed by atoms with E-state index in [4.69, 9.17) is 9.47 Å². The summed E-state index contributed by atoms with van der Waals surface area (Å²) >= 11 is 0. The van der Waals surface area contributed by atoms with Crippen molar-refractivity contribution in [1.82, 2.24) is 10.3 Å². The number of carbonyl (C=O) groups excluding carboxylic acids is 2. The molecular formula is C20H16FN3O5. The van der Waals surface area contributed by atoms with Crippen LogP contribution in [0.2, 0.25) is 0 Å².